The lowest BCUT2D eigenvalue weighted by Gasteiger charge is -2.35. The summed E-state index contributed by atoms with van der Waals surface area (Å²) in [4.78, 5) is 22.5. The summed E-state index contributed by atoms with van der Waals surface area (Å²) in [6.07, 6.45) is 0.217. The second-order valence-corrected chi connectivity index (χ2v) is 6.12. The van der Waals surface area contributed by atoms with Crippen molar-refractivity contribution in [3.05, 3.63) is 0 Å². The van der Waals surface area contributed by atoms with Crippen LogP contribution in [0.2, 0.25) is 0 Å². The van der Waals surface area contributed by atoms with E-state index in [9.17, 15) is 9.59 Å². The smallest absolute Gasteiger partial charge is 0.408 e. The van der Waals surface area contributed by atoms with Gasteiger partial charge in [0.15, 0.2) is 0 Å². The Morgan fingerprint density at radius 1 is 1.50 bits per heavy atom. The van der Waals surface area contributed by atoms with Crippen molar-refractivity contribution in [3.63, 3.8) is 0 Å². The van der Waals surface area contributed by atoms with E-state index in [4.69, 9.17) is 20.3 Å². The Balaban J connectivity index is 2.67. The van der Waals surface area contributed by atoms with Crippen molar-refractivity contribution < 1.29 is 24.2 Å². The third-order valence-electron chi connectivity index (χ3n) is 3.18. The molecule has 0 radical (unpaired) electrons. The molecule has 0 aromatic heterocycles. The summed E-state index contributed by atoms with van der Waals surface area (Å²) in [6, 6.07) is -0.492. The number of nitrogens with two attached hydrogens (primary N) is 1. The van der Waals surface area contributed by atoms with E-state index < -0.39 is 29.2 Å². The number of aliphatic carboxylic acids is 1. The van der Waals surface area contributed by atoms with Gasteiger partial charge in [0.2, 0.25) is 0 Å². The number of alkyl carbamates (subject to hydrolysis) is 1. The first kappa shape index (κ1) is 16.7. The van der Waals surface area contributed by atoms with Gasteiger partial charge in [0.25, 0.3) is 0 Å². The average Bonchev–Trinajstić information content (AvgIpc) is 2.72. The number of hydrogen-bond acceptors (Lipinski definition) is 5. The Kier molecular flexibility index (Phi) is 5.35. The zero-order valence-electron chi connectivity index (χ0n) is 12.3. The minimum absolute atomic E-state index is 0.0427. The molecular weight excluding hydrogens is 264 g/mol. The van der Waals surface area contributed by atoms with Gasteiger partial charge in [0.05, 0.1) is 12.1 Å². The fraction of sp³-hybridized carbons (Fsp3) is 0.846. The zero-order valence-corrected chi connectivity index (χ0v) is 12.3. The Morgan fingerprint density at radius 2 is 2.15 bits per heavy atom. The molecule has 0 aromatic carbocycles. The number of carbonyl (C=O) groups is 2. The number of carboxylic acids is 1. The number of hydrogen-bond donors (Lipinski definition) is 3. The lowest BCUT2D eigenvalue weighted by atomic mass is 9.87. The van der Waals surface area contributed by atoms with Crippen LogP contribution in [0.3, 0.4) is 0 Å². The summed E-state index contributed by atoms with van der Waals surface area (Å²) in [5, 5.41) is 11.5. The van der Waals surface area contributed by atoms with Crippen LogP contribution >= 0.6 is 0 Å². The van der Waals surface area contributed by atoms with Gasteiger partial charge in [0.1, 0.15) is 5.60 Å². The molecule has 20 heavy (non-hydrogen) atoms. The molecular formula is C13H24N2O5. The van der Waals surface area contributed by atoms with Gasteiger partial charge < -0.3 is 25.6 Å². The fourth-order valence-corrected chi connectivity index (χ4v) is 2.13. The van der Waals surface area contributed by atoms with E-state index in [1.165, 1.54) is 0 Å². The predicted molar refractivity (Wildman–Crippen MR) is 72.4 cm³/mol. The van der Waals surface area contributed by atoms with Gasteiger partial charge in [-0.3, -0.25) is 4.79 Å². The number of carbonyl (C=O) groups excluding carboxylic acids is 1. The average molecular weight is 288 g/mol. The molecule has 4 N–H and O–H groups in total. The van der Waals surface area contributed by atoms with E-state index in [0.717, 1.165) is 0 Å². The summed E-state index contributed by atoms with van der Waals surface area (Å²) in [5.41, 5.74) is 4.71. The number of amides is 1. The minimum atomic E-state index is -0.910. The third-order valence-corrected chi connectivity index (χ3v) is 3.18. The molecule has 0 aliphatic carbocycles. The molecule has 1 heterocycles. The standard InChI is InChI=1S/C13H24N2O5/c1-12(2,3)20-11(18)15-13(6-7-19-8-13)9(14)4-5-10(16)17/h9H,4-8,14H2,1-3H3,(H,15,18)(H,16,17). The highest BCUT2D eigenvalue weighted by atomic mass is 16.6. The van der Waals surface area contributed by atoms with E-state index in [0.29, 0.717) is 13.0 Å². The van der Waals surface area contributed by atoms with Crippen molar-refractivity contribution in [2.24, 2.45) is 5.73 Å². The van der Waals surface area contributed by atoms with Crippen LogP contribution in [0.15, 0.2) is 0 Å². The Morgan fingerprint density at radius 3 is 2.60 bits per heavy atom. The highest BCUT2D eigenvalue weighted by Crippen LogP contribution is 2.25. The molecule has 0 saturated carbocycles. The van der Waals surface area contributed by atoms with Gasteiger partial charge in [-0.15, -0.1) is 0 Å². The Labute approximate surface area is 118 Å². The van der Waals surface area contributed by atoms with E-state index in [-0.39, 0.29) is 19.4 Å². The quantitative estimate of drug-likeness (QED) is 0.692. The zero-order chi connectivity index (χ0) is 15.4. The highest BCUT2D eigenvalue weighted by Gasteiger charge is 2.42. The highest BCUT2D eigenvalue weighted by molar-refractivity contribution is 5.69. The molecule has 2 unspecified atom stereocenters. The number of rotatable bonds is 5. The number of carboxylic acid groups (broad SMARTS) is 1. The number of nitrogens with one attached hydrogen (secondary N) is 1. The molecule has 1 aliphatic rings. The van der Waals surface area contributed by atoms with Gasteiger partial charge in [-0.25, -0.2) is 4.79 Å². The van der Waals surface area contributed by atoms with Crippen LogP contribution in [0.25, 0.3) is 0 Å². The summed E-state index contributed by atoms with van der Waals surface area (Å²) in [7, 11) is 0. The van der Waals surface area contributed by atoms with E-state index in [2.05, 4.69) is 5.32 Å². The van der Waals surface area contributed by atoms with Crippen molar-refractivity contribution in [3.8, 4) is 0 Å². The first-order chi connectivity index (χ1) is 9.15. The van der Waals surface area contributed by atoms with Crippen LogP contribution in [0.1, 0.15) is 40.0 Å². The van der Waals surface area contributed by atoms with Crippen LogP contribution in [-0.4, -0.2) is 47.6 Å². The lowest BCUT2D eigenvalue weighted by Crippen LogP contribution is -2.61. The molecule has 116 valence electrons. The minimum Gasteiger partial charge on any atom is -0.481 e. The Hall–Kier alpha value is -1.34. The third kappa shape index (κ3) is 4.97. The van der Waals surface area contributed by atoms with Crippen LogP contribution in [0.5, 0.6) is 0 Å². The van der Waals surface area contributed by atoms with Crippen molar-refractivity contribution >= 4 is 12.1 Å². The van der Waals surface area contributed by atoms with E-state index in [1.807, 2.05) is 0 Å². The molecule has 0 bridgehead atoms. The summed E-state index contributed by atoms with van der Waals surface area (Å²) in [6.45, 7) is 6.07. The lowest BCUT2D eigenvalue weighted by molar-refractivity contribution is -0.137. The second-order valence-electron chi connectivity index (χ2n) is 6.12. The van der Waals surface area contributed by atoms with Crippen LogP contribution in [0.4, 0.5) is 4.79 Å². The van der Waals surface area contributed by atoms with Crippen LogP contribution in [-0.2, 0) is 14.3 Å². The first-order valence-corrected chi connectivity index (χ1v) is 6.71. The van der Waals surface area contributed by atoms with Gasteiger partial charge in [-0.05, 0) is 33.6 Å². The SMILES string of the molecule is CC(C)(C)OC(=O)NC1(C(N)CCC(=O)O)CCOC1. The molecule has 1 fully saturated rings. The maximum Gasteiger partial charge on any atom is 0.408 e. The number of ether oxygens (including phenoxy) is 2. The first-order valence-electron chi connectivity index (χ1n) is 6.71. The molecule has 7 nitrogen and oxygen atoms in total. The second kappa shape index (κ2) is 6.41. The van der Waals surface area contributed by atoms with Gasteiger partial charge in [0, 0.05) is 19.1 Å². The van der Waals surface area contributed by atoms with Crippen molar-refractivity contribution in [2.75, 3.05) is 13.2 Å². The van der Waals surface area contributed by atoms with Crippen LogP contribution in [0, 0.1) is 0 Å². The predicted octanol–water partition coefficient (Wildman–Crippen LogP) is 0.862. The van der Waals surface area contributed by atoms with Crippen molar-refractivity contribution in [2.45, 2.75) is 57.2 Å². The molecule has 1 aliphatic heterocycles. The van der Waals surface area contributed by atoms with Crippen molar-refractivity contribution in [1.29, 1.82) is 0 Å². The molecule has 1 saturated heterocycles. The summed E-state index contributed by atoms with van der Waals surface area (Å²) in [5.74, 6) is -0.910. The van der Waals surface area contributed by atoms with Gasteiger partial charge in [-0.1, -0.05) is 0 Å². The maximum atomic E-state index is 11.9. The van der Waals surface area contributed by atoms with Crippen molar-refractivity contribution in [1.82, 2.24) is 5.32 Å². The fourth-order valence-electron chi connectivity index (χ4n) is 2.13. The maximum absolute atomic E-state index is 11.9. The summed E-state index contributed by atoms with van der Waals surface area (Å²) >= 11 is 0. The van der Waals surface area contributed by atoms with Gasteiger partial charge >= 0.3 is 12.1 Å². The monoisotopic (exact) mass is 288 g/mol. The normalized spacial score (nSPS) is 24.2. The van der Waals surface area contributed by atoms with E-state index in [1.54, 1.807) is 20.8 Å². The van der Waals surface area contributed by atoms with Gasteiger partial charge in [-0.2, -0.15) is 0 Å². The molecule has 7 heteroatoms. The molecule has 1 rings (SSSR count). The summed E-state index contributed by atoms with van der Waals surface area (Å²) < 4.78 is 10.5. The molecule has 0 spiro atoms. The van der Waals surface area contributed by atoms with E-state index >= 15 is 0 Å². The molecule has 1 amide bonds. The molecule has 0 aromatic rings. The Bertz CT molecular complexity index is 358. The topological polar surface area (TPSA) is 111 Å². The largest absolute Gasteiger partial charge is 0.481 e. The molecule has 2 atom stereocenters. The van der Waals surface area contributed by atoms with Crippen LogP contribution < -0.4 is 11.1 Å².